The van der Waals surface area contributed by atoms with Crippen LogP contribution in [-0.4, -0.2) is 11.9 Å². The summed E-state index contributed by atoms with van der Waals surface area (Å²) in [5.74, 6) is 1.35. The summed E-state index contributed by atoms with van der Waals surface area (Å²) >= 11 is 5.84. The Morgan fingerprint density at radius 1 is 1.50 bits per heavy atom. The van der Waals surface area contributed by atoms with Crippen molar-refractivity contribution in [3.05, 3.63) is 0 Å². The molecular formula is C6H12ClN. The Hall–Kier alpha value is 0.250. The number of alkyl halides is 1. The zero-order valence-electron chi connectivity index (χ0n) is 5.10. The highest BCUT2D eigenvalue weighted by Crippen LogP contribution is 2.45. The molecule has 0 amide bonds. The molecule has 0 heterocycles. The molecule has 1 rings (SSSR count). The van der Waals surface area contributed by atoms with E-state index >= 15 is 0 Å². The number of nitrogens with two attached hydrogens (primary N) is 1. The lowest BCUT2D eigenvalue weighted by Gasteiger charge is -1.84. The third-order valence-electron chi connectivity index (χ3n) is 1.97. The highest BCUT2D eigenvalue weighted by molar-refractivity contribution is 6.23. The van der Waals surface area contributed by atoms with Crippen molar-refractivity contribution in [2.45, 2.75) is 18.7 Å². The number of halogens is 1. The van der Waals surface area contributed by atoms with Crippen LogP contribution in [0.1, 0.15) is 13.3 Å². The van der Waals surface area contributed by atoms with Crippen molar-refractivity contribution in [1.82, 2.24) is 0 Å². The van der Waals surface area contributed by atoms with E-state index in [1.807, 2.05) is 0 Å². The smallest absolute Gasteiger partial charge is 0.0411 e. The van der Waals surface area contributed by atoms with E-state index in [2.05, 4.69) is 6.92 Å². The van der Waals surface area contributed by atoms with Crippen molar-refractivity contribution in [3.8, 4) is 0 Å². The normalized spacial score (nSPS) is 44.6. The minimum absolute atomic E-state index is 0.394. The lowest BCUT2D eigenvalue weighted by atomic mass is 10.3. The van der Waals surface area contributed by atoms with E-state index < -0.39 is 0 Å². The quantitative estimate of drug-likeness (QED) is 0.563. The van der Waals surface area contributed by atoms with Crippen LogP contribution in [-0.2, 0) is 0 Å². The zero-order chi connectivity index (χ0) is 6.15. The van der Waals surface area contributed by atoms with E-state index in [9.17, 15) is 0 Å². The van der Waals surface area contributed by atoms with E-state index in [4.69, 9.17) is 17.3 Å². The van der Waals surface area contributed by atoms with Gasteiger partial charge in [-0.1, -0.05) is 13.3 Å². The van der Waals surface area contributed by atoms with Crippen LogP contribution >= 0.6 is 11.6 Å². The summed E-state index contributed by atoms with van der Waals surface area (Å²) in [5, 5.41) is 0.394. The lowest BCUT2D eigenvalue weighted by Crippen LogP contribution is -2.02. The Bertz CT molecular complexity index is 74.6. The summed E-state index contributed by atoms with van der Waals surface area (Å²) in [6.45, 7) is 2.93. The van der Waals surface area contributed by atoms with Gasteiger partial charge in [0.05, 0.1) is 0 Å². The Kier molecular flexibility index (Phi) is 1.78. The van der Waals surface area contributed by atoms with Crippen LogP contribution in [0.5, 0.6) is 0 Å². The first-order valence-corrected chi connectivity index (χ1v) is 3.59. The van der Waals surface area contributed by atoms with Gasteiger partial charge in [0, 0.05) is 5.38 Å². The number of rotatable bonds is 2. The maximum atomic E-state index is 5.84. The highest BCUT2D eigenvalue weighted by Gasteiger charge is 2.45. The monoisotopic (exact) mass is 133 g/mol. The van der Waals surface area contributed by atoms with Gasteiger partial charge in [0.2, 0.25) is 0 Å². The molecule has 2 heteroatoms. The van der Waals surface area contributed by atoms with Gasteiger partial charge in [0.25, 0.3) is 0 Å². The molecule has 1 aliphatic carbocycles. The SMILES string of the molecule is CC[C@@H]1[C@H](Cl)[C@@H]1CN. The lowest BCUT2D eigenvalue weighted by molar-refractivity contribution is 0.687. The molecule has 0 aromatic carbocycles. The Labute approximate surface area is 55.2 Å². The molecule has 1 aliphatic rings. The summed E-state index contributed by atoms with van der Waals surface area (Å²) in [6.07, 6.45) is 1.19. The van der Waals surface area contributed by atoms with Crippen LogP contribution in [0.25, 0.3) is 0 Å². The summed E-state index contributed by atoms with van der Waals surface area (Å²) in [5.41, 5.74) is 5.41. The minimum atomic E-state index is 0.394. The van der Waals surface area contributed by atoms with Gasteiger partial charge in [-0.05, 0) is 18.4 Å². The number of hydrogen-bond acceptors (Lipinski definition) is 1. The molecule has 0 unspecified atom stereocenters. The van der Waals surface area contributed by atoms with E-state index in [1.54, 1.807) is 0 Å². The molecule has 0 aromatic rings. The first-order chi connectivity index (χ1) is 3.81. The van der Waals surface area contributed by atoms with Crippen LogP contribution in [0.15, 0.2) is 0 Å². The van der Waals surface area contributed by atoms with Gasteiger partial charge in [-0.25, -0.2) is 0 Å². The molecule has 1 nitrogen and oxygen atoms in total. The molecule has 0 radical (unpaired) electrons. The molecule has 0 aliphatic heterocycles. The Morgan fingerprint density at radius 2 is 2.12 bits per heavy atom. The molecule has 1 fully saturated rings. The third kappa shape index (κ3) is 0.848. The average molecular weight is 134 g/mol. The van der Waals surface area contributed by atoms with Crippen LogP contribution in [0, 0.1) is 11.8 Å². The molecule has 3 atom stereocenters. The molecule has 2 N–H and O–H groups in total. The van der Waals surface area contributed by atoms with Crippen molar-refractivity contribution < 1.29 is 0 Å². The zero-order valence-corrected chi connectivity index (χ0v) is 5.86. The second-order valence-corrected chi connectivity index (χ2v) is 2.92. The van der Waals surface area contributed by atoms with E-state index in [1.165, 1.54) is 6.42 Å². The first-order valence-electron chi connectivity index (χ1n) is 3.15. The Morgan fingerprint density at radius 3 is 2.25 bits per heavy atom. The van der Waals surface area contributed by atoms with Crippen LogP contribution < -0.4 is 5.73 Å². The molecule has 0 bridgehead atoms. The average Bonchev–Trinajstić information content (AvgIpc) is 2.40. The van der Waals surface area contributed by atoms with Gasteiger partial charge in [-0.15, -0.1) is 11.6 Å². The van der Waals surface area contributed by atoms with Crippen LogP contribution in [0.2, 0.25) is 0 Å². The fraction of sp³-hybridized carbons (Fsp3) is 1.00. The predicted octanol–water partition coefficient (Wildman–Crippen LogP) is 1.21. The van der Waals surface area contributed by atoms with Gasteiger partial charge < -0.3 is 5.73 Å². The van der Waals surface area contributed by atoms with Crippen LogP contribution in [0.4, 0.5) is 0 Å². The highest BCUT2D eigenvalue weighted by atomic mass is 35.5. The Balaban J connectivity index is 2.23. The standard InChI is InChI=1S/C6H12ClN/c1-2-4-5(3-8)6(4)7/h4-6H,2-3,8H2,1H3/t4-,5+,6-/m0/s1. The second kappa shape index (κ2) is 2.24. The fourth-order valence-electron chi connectivity index (χ4n) is 1.23. The first kappa shape index (κ1) is 6.37. The van der Waals surface area contributed by atoms with E-state index in [0.717, 1.165) is 12.5 Å². The summed E-state index contributed by atoms with van der Waals surface area (Å²) in [4.78, 5) is 0. The molecule has 48 valence electrons. The van der Waals surface area contributed by atoms with Crippen molar-refractivity contribution in [2.24, 2.45) is 17.6 Å². The fourth-order valence-corrected chi connectivity index (χ4v) is 1.80. The number of hydrogen-bond donors (Lipinski definition) is 1. The summed E-state index contributed by atoms with van der Waals surface area (Å²) < 4.78 is 0. The summed E-state index contributed by atoms with van der Waals surface area (Å²) in [7, 11) is 0. The molecule has 8 heavy (non-hydrogen) atoms. The van der Waals surface area contributed by atoms with Crippen molar-refractivity contribution >= 4 is 11.6 Å². The maximum Gasteiger partial charge on any atom is 0.0411 e. The van der Waals surface area contributed by atoms with Gasteiger partial charge in [-0.2, -0.15) is 0 Å². The maximum absolute atomic E-state index is 5.84. The minimum Gasteiger partial charge on any atom is -0.330 e. The van der Waals surface area contributed by atoms with Gasteiger partial charge in [-0.3, -0.25) is 0 Å². The molecule has 0 saturated heterocycles. The molecule has 1 saturated carbocycles. The topological polar surface area (TPSA) is 26.0 Å². The second-order valence-electron chi connectivity index (χ2n) is 2.42. The summed E-state index contributed by atoms with van der Waals surface area (Å²) in [6, 6.07) is 0. The van der Waals surface area contributed by atoms with Crippen molar-refractivity contribution in [3.63, 3.8) is 0 Å². The molecule has 0 spiro atoms. The van der Waals surface area contributed by atoms with Gasteiger partial charge in [0.15, 0.2) is 0 Å². The molecule has 0 aromatic heterocycles. The van der Waals surface area contributed by atoms with Crippen molar-refractivity contribution in [2.75, 3.05) is 6.54 Å². The van der Waals surface area contributed by atoms with E-state index in [0.29, 0.717) is 11.3 Å². The van der Waals surface area contributed by atoms with Gasteiger partial charge >= 0.3 is 0 Å². The van der Waals surface area contributed by atoms with E-state index in [-0.39, 0.29) is 0 Å². The largest absolute Gasteiger partial charge is 0.330 e. The third-order valence-corrected chi connectivity index (χ3v) is 2.62. The molecular weight excluding hydrogens is 122 g/mol. The van der Waals surface area contributed by atoms with Crippen LogP contribution in [0.3, 0.4) is 0 Å². The van der Waals surface area contributed by atoms with Crippen molar-refractivity contribution in [1.29, 1.82) is 0 Å². The van der Waals surface area contributed by atoms with Gasteiger partial charge in [0.1, 0.15) is 0 Å². The predicted molar refractivity (Wildman–Crippen MR) is 36.0 cm³/mol.